The van der Waals surface area contributed by atoms with Gasteiger partial charge in [-0.15, -0.1) is 0 Å². The molecule has 1 heterocycles. The van der Waals surface area contributed by atoms with Crippen LogP contribution in [0.5, 0.6) is 0 Å². The first-order valence-corrected chi connectivity index (χ1v) is 5.37. The van der Waals surface area contributed by atoms with E-state index in [-0.39, 0.29) is 43.6 Å². The molecule has 19 heavy (non-hydrogen) atoms. The standard InChI is InChI=1S/C10H13N3O6/c14-4-6-19-5-3-11-9-8(13(17)18)2-1-7(12-9)10(15)16/h1-2,14H,3-6H2,(H,11,12)(H,15,16). The first-order chi connectivity index (χ1) is 9.06. The van der Waals surface area contributed by atoms with Crippen molar-refractivity contribution in [1.82, 2.24) is 4.98 Å². The van der Waals surface area contributed by atoms with Crippen LogP contribution >= 0.6 is 0 Å². The molecule has 104 valence electrons. The first-order valence-electron chi connectivity index (χ1n) is 5.37. The van der Waals surface area contributed by atoms with Gasteiger partial charge in [0.15, 0.2) is 5.69 Å². The van der Waals surface area contributed by atoms with Gasteiger partial charge in [-0.1, -0.05) is 0 Å². The van der Waals surface area contributed by atoms with Crippen LogP contribution in [-0.2, 0) is 4.74 Å². The fourth-order valence-electron chi connectivity index (χ4n) is 1.26. The number of nitrogens with one attached hydrogen (secondary N) is 1. The summed E-state index contributed by atoms with van der Waals surface area (Å²) in [6.45, 7) is 0.451. The minimum atomic E-state index is -1.27. The van der Waals surface area contributed by atoms with Crippen LogP contribution < -0.4 is 5.32 Å². The summed E-state index contributed by atoms with van der Waals surface area (Å²) in [6, 6.07) is 2.14. The molecule has 9 heteroatoms. The van der Waals surface area contributed by atoms with Crippen LogP contribution in [0, 0.1) is 10.1 Å². The van der Waals surface area contributed by atoms with Crippen molar-refractivity contribution >= 4 is 17.5 Å². The zero-order chi connectivity index (χ0) is 14.3. The fourth-order valence-corrected chi connectivity index (χ4v) is 1.26. The Labute approximate surface area is 108 Å². The number of nitrogens with zero attached hydrogens (tertiary/aromatic N) is 2. The number of ether oxygens (including phenoxy) is 1. The van der Waals surface area contributed by atoms with E-state index in [2.05, 4.69) is 10.3 Å². The molecule has 1 aromatic rings. The third-order valence-corrected chi connectivity index (χ3v) is 2.06. The van der Waals surface area contributed by atoms with E-state index in [0.29, 0.717) is 0 Å². The number of nitro groups is 1. The lowest BCUT2D eigenvalue weighted by Gasteiger charge is -2.07. The molecule has 3 N–H and O–H groups in total. The summed E-state index contributed by atoms with van der Waals surface area (Å²) in [6.07, 6.45) is 0. The van der Waals surface area contributed by atoms with Crippen molar-refractivity contribution < 1.29 is 24.7 Å². The zero-order valence-electron chi connectivity index (χ0n) is 9.90. The summed E-state index contributed by atoms with van der Waals surface area (Å²) in [5.74, 6) is -1.40. The molecule has 0 aliphatic carbocycles. The van der Waals surface area contributed by atoms with Crippen LogP contribution in [0.1, 0.15) is 10.5 Å². The van der Waals surface area contributed by atoms with E-state index >= 15 is 0 Å². The smallest absolute Gasteiger partial charge is 0.354 e. The van der Waals surface area contributed by atoms with Gasteiger partial charge in [-0.2, -0.15) is 0 Å². The van der Waals surface area contributed by atoms with E-state index in [1.807, 2.05) is 0 Å². The lowest BCUT2D eigenvalue weighted by atomic mass is 10.3. The summed E-state index contributed by atoms with van der Waals surface area (Å²) in [7, 11) is 0. The SMILES string of the molecule is O=C(O)c1ccc([N+](=O)[O-])c(NCCOCCO)n1. The van der Waals surface area contributed by atoms with Gasteiger partial charge >= 0.3 is 11.7 Å². The van der Waals surface area contributed by atoms with E-state index in [9.17, 15) is 14.9 Å². The molecule has 0 aliphatic heterocycles. The van der Waals surface area contributed by atoms with Gasteiger partial charge < -0.3 is 20.3 Å². The van der Waals surface area contributed by atoms with Gasteiger partial charge in [0.2, 0.25) is 5.82 Å². The number of aromatic nitrogens is 1. The van der Waals surface area contributed by atoms with Crippen LogP contribution in [-0.4, -0.2) is 52.5 Å². The van der Waals surface area contributed by atoms with Crippen LogP contribution in [0.4, 0.5) is 11.5 Å². The number of rotatable bonds is 8. The number of carboxylic acid groups (broad SMARTS) is 1. The lowest BCUT2D eigenvalue weighted by Crippen LogP contribution is -2.14. The monoisotopic (exact) mass is 271 g/mol. The fraction of sp³-hybridized carbons (Fsp3) is 0.400. The van der Waals surface area contributed by atoms with Gasteiger partial charge in [-0.25, -0.2) is 9.78 Å². The van der Waals surface area contributed by atoms with Crippen LogP contribution in [0.15, 0.2) is 12.1 Å². The normalized spacial score (nSPS) is 10.2. The summed E-state index contributed by atoms with van der Waals surface area (Å²) < 4.78 is 4.96. The van der Waals surface area contributed by atoms with E-state index in [4.69, 9.17) is 14.9 Å². The van der Waals surface area contributed by atoms with Gasteiger partial charge in [0.1, 0.15) is 0 Å². The summed E-state index contributed by atoms with van der Waals surface area (Å²) in [5, 5.41) is 30.6. The van der Waals surface area contributed by atoms with Gasteiger partial charge in [0.05, 0.1) is 24.7 Å². The second-order valence-corrected chi connectivity index (χ2v) is 3.39. The molecule has 0 aliphatic rings. The van der Waals surface area contributed by atoms with Gasteiger partial charge in [-0.3, -0.25) is 10.1 Å². The molecule has 1 rings (SSSR count). The number of pyridine rings is 1. The molecular weight excluding hydrogens is 258 g/mol. The number of aliphatic hydroxyl groups is 1. The molecule has 1 aromatic heterocycles. The first kappa shape index (κ1) is 14.8. The Bertz CT molecular complexity index is 465. The number of hydrogen-bond acceptors (Lipinski definition) is 7. The van der Waals surface area contributed by atoms with Crippen molar-refractivity contribution in [3.8, 4) is 0 Å². The summed E-state index contributed by atoms with van der Waals surface area (Å²) in [5.41, 5.74) is -0.600. The van der Waals surface area contributed by atoms with E-state index in [0.717, 1.165) is 12.1 Å². The van der Waals surface area contributed by atoms with Gasteiger partial charge in [-0.05, 0) is 6.07 Å². The van der Waals surface area contributed by atoms with Crippen LogP contribution in [0.25, 0.3) is 0 Å². The molecule has 0 atom stereocenters. The minimum Gasteiger partial charge on any atom is -0.477 e. The second-order valence-electron chi connectivity index (χ2n) is 3.39. The molecular formula is C10H13N3O6. The summed E-state index contributed by atoms with van der Waals surface area (Å²) >= 11 is 0. The molecule has 0 spiro atoms. The molecule has 0 saturated heterocycles. The lowest BCUT2D eigenvalue weighted by molar-refractivity contribution is -0.384. The Morgan fingerprint density at radius 3 is 2.79 bits per heavy atom. The highest BCUT2D eigenvalue weighted by atomic mass is 16.6. The molecule has 0 unspecified atom stereocenters. The predicted molar refractivity (Wildman–Crippen MR) is 64.2 cm³/mol. The highest BCUT2D eigenvalue weighted by Gasteiger charge is 2.17. The van der Waals surface area contributed by atoms with Crippen molar-refractivity contribution in [2.24, 2.45) is 0 Å². The largest absolute Gasteiger partial charge is 0.477 e. The van der Waals surface area contributed by atoms with Gasteiger partial charge in [0, 0.05) is 12.6 Å². The molecule has 0 bridgehead atoms. The highest BCUT2D eigenvalue weighted by molar-refractivity contribution is 5.86. The van der Waals surface area contributed by atoms with Crippen molar-refractivity contribution in [3.05, 3.63) is 27.9 Å². The minimum absolute atomic E-state index is 0.118. The third kappa shape index (κ3) is 4.48. The Balaban J connectivity index is 2.74. The Morgan fingerprint density at radius 1 is 1.47 bits per heavy atom. The highest BCUT2D eigenvalue weighted by Crippen LogP contribution is 2.21. The van der Waals surface area contributed by atoms with Gasteiger partial charge in [0.25, 0.3) is 0 Å². The van der Waals surface area contributed by atoms with Crippen molar-refractivity contribution in [2.75, 3.05) is 31.7 Å². The van der Waals surface area contributed by atoms with Crippen LogP contribution in [0.2, 0.25) is 0 Å². The number of carbonyl (C=O) groups is 1. The molecule has 0 fully saturated rings. The maximum atomic E-state index is 10.8. The number of aliphatic hydroxyl groups excluding tert-OH is 1. The average Bonchev–Trinajstić information content (AvgIpc) is 2.38. The number of anilines is 1. The maximum absolute atomic E-state index is 10.8. The molecule has 0 aromatic carbocycles. The van der Waals surface area contributed by atoms with Crippen LogP contribution in [0.3, 0.4) is 0 Å². The average molecular weight is 271 g/mol. The molecule has 0 saturated carbocycles. The summed E-state index contributed by atoms with van der Waals surface area (Å²) in [4.78, 5) is 24.5. The number of carboxylic acids is 1. The van der Waals surface area contributed by atoms with Crippen molar-refractivity contribution in [3.63, 3.8) is 0 Å². The number of aromatic carboxylic acids is 1. The molecule has 9 nitrogen and oxygen atoms in total. The topological polar surface area (TPSA) is 135 Å². The third-order valence-electron chi connectivity index (χ3n) is 2.06. The zero-order valence-corrected chi connectivity index (χ0v) is 9.90. The quantitative estimate of drug-likeness (QED) is 0.344. The number of hydrogen-bond donors (Lipinski definition) is 3. The van der Waals surface area contributed by atoms with Crippen molar-refractivity contribution in [1.29, 1.82) is 0 Å². The van der Waals surface area contributed by atoms with Crippen molar-refractivity contribution in [2.45, 2.75) is 0 Å². The van der Waals surface area contributed by atoms with E-state index in [1.54, 1.807) is 0 Å². The predicted octanol–water partition coefficient (Wildman–Crippen LogP) is 0.109. The Hall–Kier alpha value is -2.26. The maximum Gasteiger partial charge on any atom is 0.354 e. The second kappa shape index (κ2) is 7.24. The van der Waals surface area contributed by atoms with E-state index < -0.39 is 10.9 Å². The molecule has 0 amide bonds. The van der Waals surface area contributed by atoms with E-state index in [1.165, 1.54) is 0 Å². The Kier molecular flexibility index (Phi) is 5.64. The Morgan fingerprint density at radius 2 is 2.21 bits per heavy atom. The molecule has 0 radical (unpaired) electrons.